The van der Waals surface area contributed by atoms with E-state index < -0.39 is 19.9 Å². The predicted octanol–water partition coefficient (Wildman–Crippen LogP) is 16.1. The first-order valence-electron chi connectivity index (χ1n) is 25.3. The lowest BCUT2D eigenvalue weighted by Gasteiger charge is -2.20. The third-order valence-corrected chi connectivity index (χ3v) is 10.7. The molecule has 0 radical (unpaired) electrons. The summed E-state index contributed by atoms with van der Waals surface area (Å²) < 4.78 is 33.5. The van der Waals surface area contributed by atoms with Crippen LogP contribution in [0.4, 0.5) is 0 Å². The minimum Gasteiger partial charge on any atom is -0.457 e. The van der Waals surface area contributed by atoms with Gasteiger partial charge in [-0.2, -0.15) is 0 Å². The van der Waals surface area contributed by atoms with Crippen molar-refractivity contribution in [1.82, 2.24) is 0 Å². The number of carbonyl (C=O) groups is 1. The number of unbranched alkanes of at least 4 members (excludes halogenated alkanes) is 9. The van der Waals surface area contributed by atoms with Crippen LogP contribution in [-0.4, -0.2) is 49.9 Å². The van der Waals surface area contributed by atoms with Crippen molar-refractivity contribution in [2.45, 2.75) is 174 Å². The van der Waals surface area contributed by atoms with Crippen molar-refractivity contribution < 1.29 is 32.8 Å². The molecule has 0 saturated carbocycles. The first-order valence-corrected chi connectivity index (χ1v) is 26.8. The van der Waals surface area contributed by atoms with Crippen LogP contribution in [0.25, 0.3) is 0 Å². The quantitative estimate of drug-likeness (QED) is 0.0268. The average Bonchev–Trinajstić information content (AvgIpc) is 3.31. The Morgan fingerprint density at radius 1 is 0.455 bits per heavy atom. The zero-order valence-electron chi connectivity index (χ0n) is 41.4. The monoisotopic (exact) mass is 934 g/mol. The molecular weight excluding hydrogens is 842 g/mol. The van der Waals surface area contributed by atoms with Gasteiger partial charge in [0.1, 0.15) is 6.10 Å². The summed E-state index contributed by atoms with van der Waals surface area (Å²) in [5.74, 6) is -0.397. The second-order valence-electron chi connectivity index (χ2n) is 15.9. The van der Waals surface area contributed by atoms with Crippen LogP contribution in [0, 0.1) is 0 Å². The number of nitrogens with two attached hydrogens (primary N) is 1. The smallest absolute Gasteiger partial charge is 0.457 e. The van der Waals surface area contributed by atoms with Crippen molar-refractivity contribution in [3.63, 3.8) is 0 Å². The second kappa shape index (κ2) is 52.4. The molecule has 0 amide bonds. The summed E-state index contributed by atoms with van der Waals surface area (Å²) in [5, 5.41) is 0. The zero-order valence-corrected chi connectivity index (χ0v) is 42.3. The number of hydrogen-bond donors (Lipinski definition) is 2. The number of esters is 1. The van der Waals surface area contributed by atoms with Crippen LogP contribution >= 0.6 is 7.82 Å². The number of hydrogen-bond acceptors (Lipinski definition) is 7. The van der Waals surface area contributed by atoms with Gasteiger partial charge in [0.15, 0.2) is 0 Å². The van der Waals surface area contributed by atoms with Gasteiger partial charge in [-0.05, 0) is 109 Å². The van der Waals surface area contributed by atoms with E-state index >= 15 is 0 Å². The highest BCUT2D eigenvalue weighted by atomic mass is 31.2. The molecule has 0 rings (SSSR count). The summed E-state index contributed by atoms with van der Waals surface area (Å²) in [7, 11) is -4.31. The number of rotatable bonds is 46. The summed E-state index contributed by atoms with van der Waals surface area (Å²) in [6.07, 6.45) is 76.0. The molecular formula is C57H92NO7P. The zero-order chi connectivity index (χ0) is 48.0. The highest BCUT2D eigenvalue weighted by Crippen LogP contribution is 2.43. The topological polar surface area (TPSA) is 117 Å². The fraction of sp³-hybridized carbons (Fsp3) is 0.561. The van der Waals surface area contributed by atoms with E-state index in [2.05, 4.69) is 160 Å². The van der Waals surface area contributed by atoms with Crippen LogP contribution < -0.4 is 5.73 Å². The first-order chi connectivity index (χ1) is 32.4. The fourth-order valence-corrected chi connectivity index (χ4v) is 6.89. The van der Waals surface area contributed by atoms with Crippen LogP contribution in [0.1, 0.15) is 168 Å². The largest absolute Gasteiger partial charge is 0.472 e. The van der Waals surface area contributed by atoms with Crippen molar-refractivity contribution in [2.24, 2.45) is 5.73 Å². The predicted molar refractivity (Wildman–Crippen MR) is 283 cm³/mol. The summed E-state index contributed by atoms with van der Waals surface area (Å²) >= 11 is 0. The van der Waals surface area contributed by atoms with E-state index in [1.807, 2.05) is 0 Å². The van der Waals surface area contributed by atoms with E-state index in [-0.39, 0.29) is 32.8 Å². The lowest BCUT2D eigenvalue weighted by Crippen LogP contribution is -2.28. The molecule has 0 saturated heterocycles. The summed E-state index contributed by atoms with van der Waals surface area (Å²) in [4.78, 5) is 22.6. The van der Waals surface area contributed by atoms with E-state index in [9.17, 15) is 14.3 Å². The number of allylic oxidation sites excluding steroid dienone is 24. The molecule has 66 heavy (non-hydrogen) atoms. The Morgan fingerprint density at radius 3 is 1.20 bits per heavy atom. The second-order valence-corrected chi connectivity index (χ2v) is 17.4. The summed E-state index contributed by atoms with van der Waals surface area (Å²) in [6, 6.07) is 0. The van der Waals surface area contributed by atoms with E-state index in [4.69, 9.17) is 24.3 Å². The molecule has 0 heterocycles. The molecule has 372 valence electrons. The van der Waals surface area contributed by atoms with Gasteiger partial charge in [-0.1, -0.05) is 198 Å². The van der Waals surface area contributed by atoms with Gasteiger partial charge in [-0.25, -0.2) is 4.57 Å². The molecule has 0 aromatic heterocycles. The Hall–Kier alpha value is -3.62. The standard InChI is InChI=1S/C57H92NO7P/c1-3-5-7-9-11-13-15-17-19-21-23-25-27-29-31-33-35-37-39-41-43-45-47-49-52-62-54-56(55-64-66(60,61)63-53-51-58)65-57(59)50-48-46-44-42-40-38-36-34-32-30-28-26-24-22-20-18-16-14-12-10-8-6-4-2/h5-8,11-14,17-20,23-26,29-32,36,38,42,44,56H,3-4,9-10,15-16,21-22,27-28,33-35,37,39-41,43,45-55,58H2,1-2H3,(H,60,61)/b7-5-,8-6-,13-11-,14-12-,19-17-,20-18-,25-23-,26-24-,31-29-,32-30-,38-36-,44-42-. The summed E-state index contributed by atoms with van der Waals surface area (Å²) in [5.41, 5.74) is 5.38. The third-order valence-electron chi connectivity index (χ3n) is 9.75. The van der Waals surface area contributed by atoms with Crippen LogP contribution in [0.2, 0.25) is 0 Å². The van der Waals surface area contributed by atoms with Gasteiger partial charge in [-0.3, -0.25) is 13.8 Å². The minimum atomic E-state index is -4.31. The normalized spacial score (nSPS) is 14.5. The maximum atomic E-state index is 12.6. The Kier molecular flexibility index (Phi) is 49.5. The Morgan fingerprint density at radius 2 is 0.803 bits per heavy atom. The molecule has 8 nitrogen and oxygen atoms in total. The molecule has 0 aliphatic heterocycles. The van der Waals surface area contributed by atoms with Gasteiger partial charge in [0, 0.05) is 19.6 Å². The van der Waals surface area contributed by atoms with Crippen molar-refractivity contribution in [3.05, 3.63) is 146 Å². The lowest BCUT2D eigenvalue weighted by atomic mass is 10.1. The third kappa shape index (κ3) is 51.4. The molecule has 0 aromatic rings. The van der Waals surface area contributed by atoms with Crippen LogP contribution in [-0.2, 0) is 27.9 Å². The van der Waals surface area contributed by atoms with E-state index in [0.717, 1.165) is 109 Å². The highest BCUT2D eigenvalue weighted by molar-refractivity contribution is 7.47. The Labute approximate surface area is 403 Å². The molecule has 3 N–H and O–H groups in total. The minimum absolute atomic E-state index is 0.0758. The molecule has 0 spiro atoms. The van der Waals surface area contributed by atoms with E-state index in [0.29, 0.717) is 13.0 Å². The average molecular weight is 934 g/mol. The molecule has 0 fully saturated rings. The van der Waals surface area contributed by atoms with Crippen molar-refractivity contribution >= 4 is 13.8 Å². The number of phosphoric acid groups is 1. The molecule has 9 heteroatoms. The molecule has 2 atom stereocenters. The van der Waals surface area contributed by atoms with Crippen LogP contribution in [0.3, 0.4) is 0 Å². The van der Waals surface area contributed by atoms with Gasteiger partial charge in [0.2, 0.25) is 0 Å². The van der Waals surface area contributed by atoms with E-state index in [1.165, 1.54) is 32.1 Å². The maximum absolute atomic E-state index is 12.6. The fourth-order valence-electron chi connectivity index (χ4n) is 6.13. The number of phosphoric ester groups is 1. The van der Waals surface area contributed by atoms with Crippen LogP contribution in [0.15, 0.2) is 146 Å². The maximum Gasteiger partial charge on any atom is 0.472 e. The van der Waals surface area contributed by atoms with Gasteiger partial charge in [0.25, 0.3) is 0 Å². The molecule has 0 aromatic carbocycles. The highest BCUT2D eigenvalue weighted by Gasteiger charge is 2.25. The van der Waals surface area contributed by atoms with Crippen molar-refractivity contribution in [3.8, 4) is 0 Å². The van der Waals surface area contributed by atoms with Gasteiger partial charge < -0.3 is 20.1 Å². The number of ether oxygens (including phenoxy) is 2. The number of carbonyl (C=O) groups excluding carboxylic acids is 1. The molecule has 2 unspecified atom stereocenters. The Bertz CT molecular complexity index is 1510. The van der Waals surface area contributed by atoms with Gasteiger partial charge >= 0.3 is 13.8 Å². The SMILES string of the molecule is CC/C=C\C/C=C\C/C=C\C/C=C\C/C=C\C/C=C\C/C=C\CCCC(=O)OC(COCCCCCCCCCC/C=C\C/C=C\C/C=C\C/C=C\C/C=C\CC)COP(=O)(O)OCCN. The van der Waals surface area contributed by atoms with Crippen molar-refractivity contribution in [1.29, 1.82) is 0 Å². The van der Waals surface area contributed by atoms with Gasteiger partial charge in [0.05, 0.1) is 19.8 Å². The van der Waals surface area contributed by atoms with Gasteiger partial charge in [-0.15, -0.1) is 0 Å². The van der Waals surface area contributed by atoms with E-state index in [1.54, 1.807) is 0 Å². The lowest BCUT2D eigenvalue weighted by molar-refractivity contribution is -0.154. The molecule has 0 aliphatic carbocycles. The van der Waals surface area contributed by atoms with Crippen molar-refractivity contribution in [2.75, 3.05) is 33.0 Å². The molecule has 0 bridgehead atoms. The first kappa shape index (κ1) is 62.4. The van der Waals surface area contributed by atoms with Crippen LogP contribution in [0.5, 0.6) is 0 Å². The molecule has 0 aliphatic rings. The Balaban J connectivity index is 4.13. The summed E-state index contributed by atoms with van der Waals surface area (Å²) in [6.45, 7) is 4.56.